The lowest BCUT2D eigenvalue weighted by atomic mass is 10.1. The van der Waals surface area contributed by atoms with Crippen molar-refractivity contribution in [3.8, 4) is 5.69 Å². The fourth-order valence-electron chi connectivity index (χ4n) is 2.92. The van der Waals surface area contributed by atoms with Gasteiger partial charge in [-0.1, -0.05) is 6.07 Å². The molecule has 0 atom stereocenters. The summed E-state index contributed by atoms with van der Waals surface area (Å²) in [6, 6.07) is 12.5. The predicted octanol–water partition coefficient (Wildman–Crippen LogP) is 3.45. The van der Waals surface area contributed by atoms with Crippen LogP contribution in [0.1, 0.15) is 40.6 Å². The monoisotopic (exact) mass is 395 g/mol. The number of aryl methyl sites for hydroxylation is 1. The van der Waals surface area contributed by atoms with E-state index >= 15 is 0 Å². The molecule has 150 valence electrons. The summed E-state index contributed by atoms with van der Waals surface area (Å²) in [5.74, 6) is -0.481. The lowest BCUT2D eigenvalue weighted by Crippen LogP contribution is -2.30. The zero-order valence-electron chi connectivity index (χ0n) is 16.5. The topological polar surface area (TPSA) is 80.1 Å². The van der Waals surface area contributed by atoms with Gasteiger partial charge in [-0.2, -0.15) is 0 Å². The van der Waals surface area contributed by atoms with E-state index in [4.69, 9.17) is 0 Å². The SMILES string of the molecule is CCN(CC)C(=O)c1cccc(NC(=O)c2nc(C)n(-c3ccc(F)cc3)n2)c1. The van der Waals surface area contributed by atoms with Crippen molar-refractivity contribution < 1.29 is 14.0 Å². The molecule has 2 aromatic carbocycles. The lowest BCUT2D eigenvalue weighted by molar-refractivity contribution is 0.0772. The van der Waals surface area contributed by atoms with E-state index in [1.54, 1.807) is 48.2 Å². The van der Waals surface area contributed by atoms with Gasteiger partial charge in [0.25, 0.3) is 11.8 Å². The van der Waals surface area contributed by atoms with Crippen LogP contribution in [-0.4, -0.2) is 44.6 Å². The predicted molar refractivity (Wildman–Crippen MR) is 108 cm³/mol. The molecule has 2 amide bonds. The van der Waals surface area contributed by atoms with E-state index in [1.807, 2.05) is 13.8 Å². The van der Waals surface area contributed by atoms with Crippen LogP contribution >= 0.6 is 0 Å². The van der Waals surface area contributed by atoms with Crippen LogP contribution in [0.2, 0.25) is 0 Å². The van der Waals surface area contributed by atoms with Crippen molar-refractivity contribution in [1.29, 1.82) is 0 Å². The Hall–Kier alpha value is -3.55. The molecule has 3 aromatic rings. The number of rotatable bonds is 6. The van der Waals surface area contributed by atoms with Gasteiger partial charge < -0.3 is 10.2 Å². The van der Waals surface area contributed by atoms with Crippen molar-refractivity contribution in [2.45, 2.75) is 20.8 Å². The van der Waals surface area contributed by atoms with E-state index in [0.29, 0.717) is 35.9 Å². The molecule has 29 heavy (non-hydrogen) atoms. The standard InChI is InChI=1S/C21H22FN5O2/c1-4-26(5-2)21(29)15-7-6-8-17(13-15)24-20(28)19-23-14(3)27(25-19)18-11-9-16(22)10-12-18/h6-13H,4-5H2,1-3H3,(H,24,28). The summed E-state index contributed by atoms with van der Waals surface area (Å²) >= 11 is 0. The van der Waals surface area contributed by atoms with Crippen LogP contribution in [0, 0.1) is 12.7 Å². The first-order valence-corrected chi connectivity index (χ1v) is 9.33. The fraction of sp³-hybridized carbons (Fsp3) is 0.238. The van der Waals surface area contributed by atoms with Gasteiger partial charge in [0.15, 0.2) is 0 Å². The second kappa shape index (κ2) is 8.64. The highest BCUT2D eigenvalue weighted by Gasteiger charge is 2.17. The number of amides is 2. The van der Waals surface area contributed by atoms with Crippen LogP contribution in [0.25, 0.3) is 5.69 Å². The Morgan fingerprint density at radius 1 is 1.10 bits per heavy atom. The average Bonchev–Trinajstić information content (AvgIpc) is 3.11. The molecular formula is C21H22FN5O2. The number of hydrogen-bond donors (Lipinski definition) is 1. The third-order valence-corrected chi connectivity index (χ3v) is 4.46. The summed E-state index contributed by atoms with van der Waals surface area (Å²) in [4.78, 5) is 31.0. The van der Waals surface area contributed by atoms with Gasteiger partial charge in [-0.3, -0.25) is 9.59 Å². The third kappa shape index (κ3) is 4.48. The Balaban J connectivity index is 1.79. The normalized spacial score (nSPS) is 10.6. The minimum atomic E-state index is -0.499. The molecule has 0 saturated carbocycles. The van der Waals surface area contributed by atoms with Crippen LogP contribution in [0.15, 0.2) is 48.5 Å². The quantitative estimate of drug-likeness (QED) is 0.693. The molecule has 0 unspecified atom stereocenters. The Morgan fingerprint density at radius 3 is 2.45 bits per heavy atom. The molecule has 0 spiro atoms. The summed E-state index contributed by atoms with van der Waals surface area (Å²) in [5, 5.41) is 6.94. The molecule has 0 aliphatic heterocycles. The number of carbonyl (C=O) groups excluding carboxylic acids is 2. The average molecular weight is 395 g/mol. The lowest BCUT2D eigenvalue weighted by Gasteiger charge is -2.18. The van der Waals surface area contributed by atoms with Gasteiger partial charge in [0.2, 0.25) is 5.82 Å². The van der Waals surface area contributed by atoms with E-state index < -0.39 is 5.91 Å². The Kier molecular flexibility index (Phi) is 6.01. The summed E-state index contributed by atoms with van der Waals surface area (Å²) in [5.41, 5.74) is 1.57. The number of anilines is 1. The largest absolute Gasteiger partial charge is 0.339 e. The van der Waals surface area contributed by atoms with Gasteiger partial charge in [-0.25, -0.2) is 14.1 Å². The Labute approximate surface area is 168 Å². The van der Waals surface area contributed by atoms with E-state index in [0.717, 1.165) is 0 Å². The summed E-state index contributed by atoms with van der Waals surface area (Å²) in [7, 11) is 0. The Bertz CT molecular complexity index is 1030. The van der Waals surface area contributed by atoms with Crippen molar-refractivity contribution in [3.63, 3.8) is 0 Å². The molecule has 1 aromatic heterocycles. The molecule has 0 bridgehead atoms. The zero-order valence-corrected chi connectivity index (χ0v) is 16.5. The number of nitrogens with zero attached hydrogens (tertiary/aromatic N) is 4. The molecule has 7 nitrogen and oxygen atoms in total. The molecule has 8 heteroatoms. The minimum absolute atomic E-state index is 0.0210. The number of carbonyl (C=O) groups is 2. The molecular weight excluding hydrogens is 373 g/mol. The van der Waals surface area contributed by atoms with Gasteiger partial charge >= 0.3 is 0 Å². The van der Waals surface area contributed by atoms with Crippen molar-refractivity contribution in [3.05, 3.63) is 71.6 Å². The molecule has 0 saturated heterocycles. The molecule has 0 radical (unpaired) electrons. The van der Waals surface area contributed by atoms with Crippen LogP contribution in [0.5, 0.6) is 0 Å². The molecule has 1 heterocycles. The summed E-state index contributed by atoms with van der Waals surface area (Å²) in [6.07, 6.45) is 0. The number of nitrogens with one attached hydrogen (secondary N) is 1. The second-order valence-corrected chi connectivity index (χ2v) is 6.38. The smallest absolute Gasteiger partial charge is 0.295 e. The van der Waals surface area contributed by atoms with Gasteiger partial charge in [0.05, 0.1) is 5.69 Å². The van der Waals surface area contributed by atoms with Crippen molar-refractivity contribution in [1.82, 2.24) is 19.7 Å². The van der Waals surface area contributed by atoms with Crippen molar-refractivity contribution in [2.24, 2.45) is 0 Å². The molecule has 0 aliphatic carbocycles. The molecule has 1 N–H and O–H groups in total. The minimum Gasteiger partial charge on any atom is -0.339 e. The van der Waals surface area contributed by atoms with Crippen LogP contribution < -0.4 is 5.32 Å². The maximum atomic E-state index is 13.1. The van der Waals surface area contributed by atoms with Gasteiger partial charge in [-0.15, -0.1) is 5.10 Å². The summed E-state index contributed by atoms with van der Waals surface area (Å²) < 4.78 is 14.6. The zero-order chi connectivity index (χ0) is 21.0. The maximum Gasteiger partial charge on any atom is 0.295 e. The maximum absolute atomic E-state index is 13.1. The van der Waals surface area contributed by atoms with Gasteiger partial charge in [0.1, 0.15) is 11.6 Å². The van der Waals surface area contributed by atoms with Crippen LogP contribution in [0.4, 0.5) is 10.1 Å². The number of hydrogen-bond acceptors (Lipinski definition) is 4. The van der Waals surface area contributed by atoms with E-state index in [1.165, 1.54) is 16.8 Å². The highest BCUT2D eigenvalue weighted by atomic mass is 19.1. The van der Waals surface area contributed by atoms with E-state index in [-0.39, 0.29) is 17.5 Å². The fourth-order valence-corrected chi connectivity index (χ4v) is 2.92. The van der Waals surface area contributed by atoms with E-state index in [2.05, 4.69) is 15.4 Å². The number of benzene rings is 2. The number of halogens is 1. The third-order valence-electron chi connectivity index (χ3n) is 4.46. The highest BCUT2D eigenvalue weighted by molar-refractivity contribution is 6.02. The van der Waals surface area contributed by atoms with Gasteiger partial charge in [-0.05, 0) is 63.2 Å². The summed E-state index contributed by atoms with van der Waals surface area (Å²) in [6.45, 7) is 6.75. The molecule has 0 fully saturated rings. The van der Waals surface area contributed by atoms with Crippen LogP contribution in [0.3, 0.4) is 0 Å². The van der Waals surface area contributed by atoms with Crippen molar-refractivity contribution in [2.75, 3.05) is 18.4 Å². The Morgan fingerprint density at radius 2 is 1.79 bits per heavy atom. The highest BCUT2D eigenvalue weighted by Crippen LogP contribution is 2.15. The van der Waals surface area contributed by atoms with Crippen LogP contribution in [-0.2, 0) is 0 Å². The molecule has 0 aliphatic rings. The number of aromatic nitrogens is 3. The first-order chi connectivity index (χ1) is 13.9. The van der Waals surface area contributed by atoms with E-state index in [9.17, 15) is 14.0 Å². The first-order valence-electron chi connectivity index (χ1n) is 9.33. The van der Waals surface area contributed by atoms with Crippen molar-refractivity contribution >= 4 is 17.5 Å². The first kappa shape index (κ1) is 20.2. The second-order valence-electron chi connectivity index (χ2n) is 6.38. The molecule has 3 rings (SSSR count). The van der Waals surface area contributed by atoms with Gasteiger partial charge in [0, 0.05) is 24.3 Å².